The number of hydrogen-bond acceptors (Lipinski definition) is 9. The molecule has 0 saturated carbocycles. The van der Waals surface area contributed by atoms with Gasteiger partial charge in [-0.15, -0.1) is 0 Å². The maximum atomic E-state index is 13.3. The second kappa shape index (κ2) is 16.5. The average molecular weight is 775 g/mol. The summed E-state index contributed by atoms with van der Waals surface area (Å²) in [5.74, 6) is -0.177. The standard InChI is InChI=1S/C47H46N6O5/c54-30-32-14-16-34(17-15-32)43-26-38(29-52-24-22-47(23-25-52)46(56)50-31-53(47)37-9-2-1-3-10-37)57-45(58-43)35-20-18-33(19-21-35)39-11-5-4-8-36(39)27-49-44(55)42-28-48-40-12-6-7-13-41(40)51-42/h1-21,28,38,43,45,54H,22-27,29-31H2,(H,49,55)(H,50,56)/t38-,43+,45+/m1/s1. The second-order valence-electron chi connectivity index (χ2n) is 15.3. The Morgan fingerprint density at radius 2 is 1.53 bits per heavy atom. The fraction of sp³-hybridized carbons (Fsp3) is 0.277. The normalized spacial score (nSPS) is 20.6. The van der Waals surface area contributed by atoms with Crippen molar-refractivity contribution in [1.82, 2.24) is 25.5 Å². The zero-order valence-corrected chi connectivity index (χ0v) is 32.2. The van der Waals surface area contributed by atoms with Crippen LogP contribution in [0.2, 0.25) is 0 Å². The molecule has 4 heterocycles. The summed E-state index contributed by atoms with van der Waals surface area (Å²) in [6.45, 7) is 3.11. The molecule has 6 aromatic rings. The fourth-order valence-electron chi connectivity index (χ4n) is 8.57. The smallest absolute Gasteiger partial charge is 0.271 e. The third kappa shape index (κ3) is 7.69. The van der Waals surface area contributed by atoms with E-state index in [0.29, 0.717) is 25.2 Å². The summed E-state index contributed by atoms with van der Waals surface area (Å²) in [5.41, 5.74) is 7.98. The minimum atomic E-state index is -0.599. The van der Waals surface area contributed by atoms with Crippen molar-refractivity contribution >= 4 is 28.5 Å². The van der Waals surface area contributed by atoms with E-state index in [0.717, 1.165) is 77.1 Å². The average Bonchev–Trinajstić information content (AvgIpc) is 3.60. The Hall–Kier alpha value is -5.98. The van der Waals surface area contributed by atoms with E-state index in [2.05, 4.69) is 72.9 Å². The summed E-state index contributed by atoms with van der Waals surface area (Å²) in [4.78, 5) is 40.0. The molecule has 3 saturated heterocycles. The number of carbonyl (C=O) groups is 2. The molecule has 0 bridgehead atoms. The number of para-hydroxylation sites is 3. The number of aromatic nitrogens is 2. The molecule has 1 aromatic heterocycles. The maximum absolute atomic E-state index is 13.3. The van der Waals surface area contributed by atoms with Crippen LogP contribution in [0.15, 0.2) is 134 Å². The third-order valence-corrected chi connectivity index (χ3v) is 11.8. The summed E-state index contributed by atoms with van der Waals surface area (Å²) in [7, 11) is 0. The summed E-state index contributed by atoms with van der Waals surface area (Å²) < 4.78 is 13.4. The van der Waals surface area contributed by atoms with Crippen LogP contribution in [0.1, 0.15) is 64.4 Å². The molecule has 3 fully saturated rings. The number of rotatable bonds is 10. The van der Waals surface area contributed by atoms with Gasteiger partial charge in [-0.3, -0.25) is 14.6 Å². The number of amides is 2. The highest BCUT2D eigenvalue weighted by atomic mass is 16.7. The number of likely N-dealkylation sites (tertiary alicyclic amines) is 1. The van der Waals surface area contributed by atoms with Gasteiger partial charge in [0, 0.05) is 43.9 Å². The summed E-state index contributed by atoms with van der Waals surface area (Å²) >= 11 is 0. The number of nitrogens with zero attached hydrogens (tertiary/aromatic N) is 4. The number of nitrogens with one attached hydrogen (secondary N) is 2. The van der Waals surface area contributed by atoms with E-state index in [9.17, 15) is 14.7 Å². The number of anilines is 1. The number of aliphatic hydroxyl groups is 1. The lowest BCUT2D eigenvalue weighted by Gasteiger charge is -2.45. The van der Waals surface area contributed by atoms with Crippen molar-refractivity contribution in [1.29, 1.82) is 0 Å². The van der Waals surface area contributed by atoms with E-state index in [1.54, 1.807) is 0 Å². The van der Waals surface area contributed by atoms with Crippen LogP contribution in [0.25, 0.3) is 22.2 Å². The van der Waals surface area contributed by atoms with E-state index in [-0.39, 0.29) is 36.3 Å². The molecular formula is C47H46N6O5. The zero-order valence-electron chi connectivity index (χ0n) is 32.2. The van der Waals surface area contributed by atoms with Crippen molar-refractivity contribution in [2.75, 3.05) is 31.2 Å². The highest BCUT2D eigenvalue weighted by Crippen LogP contribution is 2.40. The number of fused-ring (bicyclic) bond motifs is 1. The van der Waals surface area contributed by atoms with Crippen LogP contribution < -0.4 is 15.5 Å². The lowest BCUT2D eigenvalue weighted by Crippen LogP contribution is -2.57. The molecule has 2 amide bonds. The largest absolute Gasteiger partial charge is 0.392 e. The SMILES string of the molecule is O=C(NCc1ccccc1-c1ccc([C@H]2O[C@@H](CN3CCC4(CC3)C(=O)NCN4c3ccccc3)C[C@@H](c3ccc(CO)cc3)O2)cc1)c1cnc2ccccc2n1. The Labute approximate surface area is 337 Å². The molecule has 11 heteroatoms. The molecule has 3 aliphatic heterocycles. The van der Waals surface area contributed by atoms with Crippen LogP contribution in [0.4, 0.5) is 5.69 Å². The first-order chi connectivity index (χ1) is 28.5. The maximum Gasteiger partial charge on any atom is 0.271 e. The van der Waals surface area contributed by atoms with Crippen molar-refractivity contribution in [3.05, 3.63) is 162 Å². The number of carbonyl (C=O) groups excluding carboxylic acids is 2. The van der Waals surface area contributed by atoms with Crippen molar-refractivity contribution in [3.8, 4) is 11.1 Å². The van der Waals surface area contributed by atoms with Crippen LogP contribution in [-0.2, 0) is 27.4 Å². The summed E-state index contributed by atoms with van der Waals surface area (Å²) in [6.07, 6.45) is 2.72. The molecule has 0 unspecified atom stereocenters. The Morgan fingerprint density at radius 3 is 2.31 bits per heavy atom. The first kappa shape index (κ1) is 37.6. The van der Waals surface area contributed by atoms with Gasteiger partial charge in [0.15, 0.2) is 6.29 Å². The van der Waals surface area contributed by atoms with Gasteiger partial charge in [-0.25, -0.2) is 4.98 Å². The number of hydrogen-bond donors (Lipinski definition) is 3. The van der Waals surface area contributed by atoms with Gasteiger partial charge in [-0.05, 0) is 64.9 Å². The second-order valence-corrected chi connectivity index (χ2v) is 15.3. The van der Waals surface area contributed by atoms with E-state index < -0.39 is 11.8 Å². The molecule has 3 aliphatic rings. The molecule has 0 radical (unpaired) electrons. The van der Waals surface area contributed by atoms with E-state index >= 15 is 0 Å². The van der Waals surface area contributed by atoms with Crippen molar-refractivity contribution in [3.63, 3.8) is 0 Å². The first-order valence-corrected chi connectivity index (χ1v) is 20.0. The fourth-order valence-corrected chi connectivity index (χ4v) is 8.57. The van der Waals surface area contributed by atoms with E-state index in [1.165, 1.54) is 6.20 Å². The number of aliphatic hydroxyl groups excluding tert-OH is 1. The molecule has 0 aliphatic carbocycles. The number of ether oxygens (including phenoxy) is 2. The lowest BCUT2D eigenvalue weighted by molar-refractivity contribution is -0.253. The van der Waals surface area contributed by atoms with Crippen molar-refractivity contribution in [2.45, 2.75) is 56.5 Å². The van der Waals surface area contributed by atoms with Gasteiger partial charge in [0.2, 0.25) is 5.91 Å². The van der Waals surface area contributed by atoms with E-state index in [4.69, 9.17) is 9.47 Å². The molecule has 58 heavy (non-hydrogen) atoms. The molecule has 294 valence electrons. The molecule has 11 nitrogen and oxygen atoms in total. The van der Waals surface area contributed by atoms with Crippen LogP contribution in [-0.4, -0.2) is 69.7 Å². The highest BCUT2D eigenvalue weighted by Gasteiger charge is 2.50. The van der Waals surface area contributed by atoms with Crippen molar-refractivity contribution < 1.29 is 24.2 Å². The van der Waals surface area contributed by atoms with Crippen molar-refractivity contribution in [2.24, 2.45) is 0 Å². The third-order valence-electron chi connectivity index (χ3n) is 11.8. The highest BCUT2D eigenvalue weighted by molar-refractivity contribution is 5.94. The monoisotopic (exact) mass is 774 g/mol. The predicted molar refractivity (Wildman–Crippen MR) is 221 cm³/mol. The van der Waals surface area contributed by atoms with Gasteiger partial charge in [0.25, 0.3) is 5.91 Å². The molecule has 3 atom stereocenters. The lowest BCUT2D eigenvalue weighted by atomic mass is 9.85. The van der Waals surface area contributed by atoms with Gasteiger partial charge in [-0.1, -0.05) is 103 Å². The van der Waals surface area contributed by atoms with Gasteiger partial charge < -0.3 is 35.0 Å². The summed E-state index contributed by atoms with van der Waals surface area (Å²) in [6, 6.07) is 41.9. The summed E-state index contributed by atoms with van der Waals surface area (Å²) in [5, 5.41) is 15.8. The molecular weight excluding hydrogens is 729 g/mol. The minimum Gasteiger partial charge on any atom is -0.392 e. The van der Waals surface area contributed by atoms with Gasteiger partial charge in [0.05, 0.1) is 42.7 Å². The van der Waals surface area contributed by atoms with E-state index in [1.807, 2.05) is 84.9 Å². The Bertz CT molecular complexity index is 2380. The van der Waals surface area contributed by atoms with Crippen LogP contribution >= 0.6 is 0 Å². The van der Waals surface area contributed by atoms with Crippen LogP contribution in [0, 0.1) is 0 Å². The predicted octanol–water partition coefficient (Wildman–Crippen LogP) is 6.69. The Morgan fingerprint density at radius 1 is 0.828 bits per heavy atom. The topological polar surface area (TPSA) is 129 Å². The van der Waals surface area contributed by atoms with Crippen LogP contribution in [0.5, 0.6) is 0 Å². The molecule has 5 aromatic carbocycles. The zero-order chi connectivity index (χ0) is 39.5. The molecule has 3 N–H and O–H groups in total. The van der Waals surface area contributed by atoms with Gasteiger partial charge in [0.1, 0.15) is 11.2 Å². The quantitative estimate of drug-likeness (QED) is 0.139. The van der Waals surface area contributed by atoms with Gasteiger partial charge in [-0.2, -0.15) is 0 Å². The first-order valence-electron chi connectivity index (χ1n) is 20.0. The Kier molecular flexibility index (Phi) is 10.7. The molecule has 1 spiro atoms. The van der Waals surface area contributed by atoms with Crippen LogP contribution in [0.3, 0.4) is 0 Å². The van der Waals surface area contributed by atoms with Gasteiger partial charge >= 0.3 is 0 Å². The number of piperidine rings is 1. The Balaban J connectivity index is 0.896. The number of benzene rings is 5. The molecule has 9 rings (SSSR count). The minimum absolute atomic E-state index is 0.0165.